The van der Waals surface area contributed by atoms with Crippen LogP contribution in [0.15, 0.2) is 115 Å². The minimum Gasteiger partial charge on any atom is -0.310 e. The lowest BCUT2D eigenvalue weighted by atomic mass is 9.69. The number of fused-ring (bicyclic) bond motifs is 6. The summed E-state index contributed by atoms with van der Waals surface area (Å²) in [5, 5.41) is 0. The van der Waals surface area contributed by atoms with Crippen LogP contribution in [0.25, 0.3) is 22.3 Å². The van der Waals surface area contributed by atoms with Gasteiger partial charge in [-0.2, -0.15) is 0 Å². The molecule has 1 heteroatoms. The zero-order valence-electron chi connectivity index (χ0n) is 30.4. The van der Waals surface area contributed by atoms with Crippen molar-refractivity contribution in [1.82, 2.24) is 0 Å². The van der Waals surface area contributed by atoms with Gasteiger partial charge in [-0.3, -0.25) is 0 Å². The summed E-state index contributed by atoms with van der Waals surface area (Å²) in [5.41, 5.74) is 15.8. The standard InChI is InChI=1S/C48H55N/c1-5-9-32-47(33-10-6-2)41-28-18-16-24-37(41)39-26-20-30-43(45(39)47)49(36-22-14-13-15-23-36)44-31-21-27-40-38-25-17-19-29-42(38)48(46(40)44,34-11-7-3)35-12-8-4/h13-31H,5-12,32-35H2,1-4H3. The van der Waals surface area contributed by atoms with Gasteiger partial charge in [0.05, 0.1) is 11.4 Å². The number of rotatable bonds is 15. The first-order valence-corrected chi connectivity index (χ1v) is 19.5. The predicted molar refractivity (Wildman–Crippen MR) is 212 cm³/mol. The van der Waals surface area contributed by atoms with Crippen molar-refractivity contribution in [3.05, 3.63) is 138 Å². The smallest absolute Gasteiger partial charge is 0.0509 e. The summed E-state index contributed by atoms with van der Waals surface area (Å²) in [7, 11) is 0. The third kappa shape index (κ3) is 5.54. The van der Waals surface area contributed by atoms with Crippen LogP contribution in [0, 0.1) is 0 Å². The Morgan fingerprint density at radius 2 is 0.755 bits per heavy atom. The van der Waals surface area contributed by atoms with E-state index in [0.717, 1.165) is 0 Å². The van der Waals surface area contributed by atoms with E-state index >= 15 is 0 Å². The molecule has 252 valence electrons. The third-order valence-electron chi connectivity index (χ3n) is 11.8. The second kappa shape index (κ2) is 14.4. The Morgan fingerprint density at radius 3 is 1.16 bits per heavy atom. The van der Waals surface area contributed by atoms with Crippen molar-refractivity contribution in [1.29, 1.82) is 0 Å². The van der Waals surface area contributed by atoms with Gasteiger partial charge in [-0.1, -0.05) is 170 Å². The summed E-state index contributed by atoms with van der Waals surface area (Å²) in [5.74, 6) is 0. The molecule has 2 aliphatic rings. The van der Waals surface area contributed by atoms with Crippen LogP contribution in [0.3, 0.4) is 0 Å². The maximum absolute atomic E-state index is 2.69. The van der Waals surface area contributed by atoms with E-state index in [0.29, 0.717) is 0 Å². The van der Waals surface area contributed by atoms with Gasteiger partial charge in [-0.25, -0.2) is 0 Å². The van der Waals surface area contributed by atoms with Gasteiger partial charge in [0.25, 0.3) is 0 Å². The molecule has 2 aliphatic carbocycles. The van der Waals surface area contributed by atoms with Crippen LogP contribution in [0.5, 0.6) is 0 Å². The zero-order valence-corrected chi connectivity index (χ0v) is 30.4. The molecule has 0 saturated heterocycles. The largest absolute Gasteiger partial charge is 0.310 e. The van der Waals surface area contributed by atoms with Crippen molar-refractivity contribution in [3.8, 4) is 22.3 Å². The highest BCUT2D eigenvalue weighted by atomic mass is 15.2. The van der Waals surface area contributed by atoms with E-state index in [-0.39, 0.29) is 10.8 Å². The molecule has 5 aromatic carbocycles. The van der Waals surface area contributed by atoms with Crippen molar-refractivity contribution < 1.29 is 0 Å². The van der Waals surface area contributed by atoms with Gasteiger partial charge in [-0.15, -0.1) is 0 Å². The maximum atomic E-state index is 2.69. The van der Waals surface area contributed by atoms with Crippen LogP contribution >= 0.6 is 0 Å². The van der Waals surface area contributed by atoms with Gasteiger partial charge in [0.2, 0.25) is 0 Å². The summed E-state index contributed by atoms with van der Waals surface area (Å²) >= 11 is 0. The lowest BCUT2D eigenvalue weighted by Gasteiger charge is -2.40. The molecular weight excluding hydrogens is 591 g/mol. The summed E-state index contributed by atoms with van der Waals surface area (Å²) in [4.78, 5) is 2.69. The van der Waals surface area contributed by atoms with Gasteiger partial charge in [-0.05, 0) is 94.5 Å². The molecule has 0 atom stereocenters. The summed E-state index contributed by atoms with van der Waals surface area (Å²) < 4.78 is 0. The first-order chi connectivity index (χ1) is 24.1. The van der Waals surface area contributed by atoms with Crippen molar-refractivity contribution in [3.63, 3.8) is 0 Å². The lowest BCUT2D eigenvalue weighted by molar-refractivity contribution is 0.413. The van der Waals surface area contributed by atoms with E-state index in [1.54, 1.807) is 22.3 Å². The van der Waals surface area contributed by atoms with Crippen LogP contribution in [0.1, 0.15) is 127 Å². The molecule has 0 unspecified atom stereocenters. The quantitative estimate of drug-likeness (QED) is 0.109. The number of hydrogen-bond acceptors (Lipinski definition) is 1. The molecular formula is C48H55N. The Balaban J connectivity index is 1.55. The highest BCUT2D eigenvalue weighted by molar-refractivity contribution is 5.95. The molecule has 0 amide bonds. The average Bonchev–Trinajstić information content (AvgIpc) is 3.60. The number of benzene rings is 5. The number of para-hydroxylation sites is 1. The molecule has 0 radical (unpaired) electrons. The van der Waals surface area contributed by atoms with E-state index in [2.05, 4.69) is 148 Å². The second-order valence-corrected chi connectivity index (χ2v) is 14.7. The molecule has 0 saturated carbocycles. The van der Waals surface area contributed by atoms with Crippen LogP contribution in [-0.2, 0) is 10.8 Å². The topological polar surface area (TPSA) is 3.24 Å². The molecule has 0 N–H and O–H groups in total. The van der Waals surface area contributed by atoms with E-state index in [1.165, 1.54) is 116 Å². The summed E-state index contributed by atoms with van der Waals surface area (Å²) in [6, 6.07) is 44.4. The van der Waals surface area contributed by atoms with Gasteiger partial charge >= 0.3 is 0 Å². The molecule has 0 aromatic heterocycles. The number of nitrogens with zero attached hydrogens (tertiary/aromatic N) is 1. The molecule has 7 rings (SSSR count). The Hall–Kier alpha value is -4.10. The Bertz CT molecular complexity index is 1750. The van der Waals surface area contributed by atoms with Gasteiger partial charge < -0.3 is 4.90 Å². The lowest BCUT2D eigenvalue weighted by Crippen LogP contribution is -2.30. The fourth-order valence-corrected chi connectivity index (χ4v) is 9.64. The van der Waals surface area contributed by atoms with Gasteiger partial charge in [0, 0.05) is 16.5 Å². The van der Waals surface area contributed by atoms with E-state index < -0.39 is 0 Å². The Labute approximate surface area is 296 Å². The molecule has 1 nitrogen and oxygen atoms in total. The van der Waals surface area contributed by atoms with E-state index in [9.17, 15) is 0 Å². The Kier molecular flexibility index (Phi) is 9.82. The minimum absolute atomic E-state index is 0.00992. The SMILES string of the molecule is CCCCC1(CCCC)c2ccccc2-c2cccc(N(c3ccccc3)c3cccc4c3C(CCCC)(CCCC)c3ccccc3-4)c21. The fourth-order valence-electron chi connectivity index (χ4n) is 9.64. The predicted octanol–water partition coefficient (Wildman–Crippen LogP) is 14.5. The zero-order chi connectivity index (χ0) is 33.8. The molecule has 0 fully saturated rings. The second-order valence-electron chi connectivity index (χ2n) is 14.7. The third-order valence-corrected chi connectivity index (χ3v) is 11.8. The van der Waals surface area contributed by atoms with E-state index in [4.69, 9.17) is 0 Å². The molecule has 0 spiro atoms. The maximum Gasteiger partial charge on any atom is 0.0509 e. The van der Waals surface area contributed by atoms with Crippen LogP contribution in [0.2, 0.25) is 0 Å². The molecule has 49 heavy (non-hydrogen) atoms. The van der Waals surface area contributed by atoms with Gasteiger partial charge in [0.1, 0.15) is 0 Å². The van der Waals surface area contributed by atoms with Gasteiger partial charge in [0.15, 0.2) is 0 Å². The molecule has 0 bridgehead atoms. The number of unbranched alkanes of at least 4 members (excludes halogenated alkanes) is 4. The normalized spacial score (nSPS) is 14.6. The van der Waals surface area contributed by atoms with Crippen molar-refractivity contribution in [2.24, 2.45) is 0 Å². The highest BCUT2D eigenvalue weighted by Gasteiger charge is 2.47. The molecule has 0 aliphatic heterocycles. The fraction of sp³-hybridized carbons (Fsp3) is 0.375. The first kappa shape index (κ1) is 33.4. The Morgan fingerprint density at radius 1 is 0.388 bits per heavy atom. The summed E-state index contributed by atoms with van der Waals surface area (Å²) in [6.07, 6.45) is 14.5. The minimum atomic E-state index is -0.00992. The number of hydrogen-bond donors (Lipinski definition) is 0. The first-order valence-electron chi connectivity index (χ1n) is 19.5. The van der Waals surface area contributed by atoms with Crippen LogP contribution in [-0.4, -0.2) is 0 Å². The summed E-state index contributed by atoms with van der Waals surface area (Å²) in [6.45, 7) is 9.42. The van der Waals surface area contributed by atoms with Crippen molar-refractivity contribution in [2.75, 3.05) is 4.90 Å². The van der Waals surface area contributed by atoms with E-state index in [1.807, 2.05) is 0 Å². The average molecular weight is 646 g/mol. The molecule has 5 aromatic rings. The molecule has 0 heterocycles. The monoisotopic (exact) mass is 645 g/mol. The van der Waals surface area contributed by atoms with Crippen molar-refractivity contribution in [2.45, 2.75) is 116 Å². The van der Waals surface area contributed by atoms with Crippen LogP contribution in [0.4, 0.5) is 17.1 Å². The number of anilines is 3. The van der Waals surface area contributed by atoms with Crippen LogP contribution < -0.4 is 4.90 Å². The van der Waals surface area contributed by atoms with Crippen molar-refractivity contribution >= 4 is 17.1 Å². The highest BCUT2D eigenvalue weighted by Crippen LogP contribution is 2.61.